The molecule has 0 aliphatic carbocycles. The molecule has 0 bridgehead atoms. The van der Waals surface area contributed by atoms with Crippen molar-refractivity contribution in [1.29, 1.82) is 0 Å². The van der Waals surface area contributed by atoms with Crippen molar-refractivity contribution >= 4 is 0 Å². The number of hydrogen-bond donors (Lipinski definition) is 0. The zero-order valence-corrected chi connectivity index (χ0v) is 10.4. The maximum absolute atomic E-state index is 4.40. The first kappa shape index (κ1) is 11.4. The maximum atomic E-state index is 4.40. The summed E-state index contributed by atoms with van der Waals surface area (Å²) in [6, 6.07) is 0. The molecule has 0 aromatic heterocycles. The molecule has 1 aliphatic rings. The second kappa shape index (κ2) is 5.15. The molecule has 1 fully saturated rings. The van der Waals surface area contributed by atoms with Gasteiger partial charge in [-0.25, -0.2) is 0 Å². The third kappa shape index (κ3) is 3.57. The summed E-state index contributed by atoms with van der Waals surface area (Å²) < 4.78 is 0. The van der Waals surface area contributed by atoms with Gasteiger partial charge in [-0.05, 0) is 11.8 Å². The van der Waals surface area contributed by atoms with Crippen LogP contribution in [-0.2, 0) is 22.4 Å². The molecule has 0 unspecified atom stereocenters. The fourth-order valence-corrected chi connectivity index (χ4v) is 1.56. The van der Waals surface area contributed by atoms with Crippen LogP contribution in [0.2, 0.25) is 0 Å². The molecule has 1 radical (unpaired) electrons. The molecular weight excluding hydrogens is 303 g/mol. The Morgan fingerprint density at radius 1 is 1.64 bits per heavy atom. The molecular formula is C9H16NTa-. The van der Waals surface area contributed by atoms with E-state index >= 15 is 0 Å². The van der Waals surface area contributed by atoms with E-state index in [1.54, 1.807) is 0 Å². The molecule has 0 saturated carbocycles. The molecule has 0 N–H and O–H groups in total. The van der Waals surface area contributed by atoms with Crippen LogP contribution < -0.4 is 0 Å². The average Bonchev–Trinajstić information content (AvgIpc) is 1.89. The molecule has 1 rings (SSSR count). The van der Waals surface area contributed by atoms with Crippen LogP contribution in [0.3, 0.4) is 0 Å². The molecule has 11 heavy (non-hydrogen) atoms. The van der Waals surface area contributed by atoms with Crippen LogP contribution in [0.15, 0.2) is 12.7 Å². The predicted molar refractivity (Wildman–Crippen MR) is 45.2 cm³/mol. The monoisotopic (exact) mass is 319 g/mol. The van der Waals surface area contributed by atoms with Gasteiger partial charge in [0, 0.05) is 22.4 Å². The number of rotatable bonds is 2. The van der Waals surface area contributed by atoms with Crippen molar-refractivity contribution in [3.8, 4) is 0 Å². The topological polar surface area (TPSA) is 14.1 Å². The van der Waals surface area contributed by atoms with Crippen molar-refractivity contribution in [2.45, 2.75) is 26.2 Å². The first-order valence-electron chi connectivity index (χ1n) is 4.01. The standard InChI is InChI=1S/C9H16N.Ta/c1-3-5-9(2)6-4-7-10-8-9;/h3H,1,4-8H2,2H3;/q-1;/t9-;/m1./s1. The maximum Gasteiger partial charge on any atom is 0 e. The molecule has 0 aromatic carbocycles. The van der Waals surface area contributed by atoms with Crippen molar-refractivity contribution in [3.05, 3.63) is 18.0 Å². The van der Waals surface area contributed by atoms with Crippen LogP contribution >= 0.6 is 0 Å². The van der Waals surface area contributed by atoms with E-state index in [0.717, 1.165) is 19.5 Å². The summed E-state index contributed by atoms with van der Waals surface area (Å²) >= 11 is 0. The van der Waals surface area contributed by atoms with Crippen LogP contribution in [0.4, 0.5) is 0 Å². The molecule has 1 saturated heterocycles. The van der Waals surface area contributed by atoms with E-state index < -0.39 is 0 Å². The molecule has 1 atom stereocenters. The summed E-state index contributed by atoms with van der Waals surface area (Å²) in [6.07, 6.45) is 5.73. The largest absolute Gasteiger partial charge is 0.662 e. The minimum atomic E-state index is 0. The predicted octanol–water partition coefficient (Wildman–Crippen LogP) is 2.73. The first-order chi connectivity index (χ1) is 4.77. The third-order valence-corrected chi connectivity index (χ3v) is 2.23. The van der Waals surface area contributed by atoms with Gasteiger partial charge < -0.3 is 5.32 Å². The van der Waals surface area contributed by atoms with Gasteiger partial charge in [0.1, 0.15) is 0 Å². The van der Waals surface area contributed by atoms with Gasteiger partial charge in [0.05, 0.1) is 0 Å². The van der Waals surface area contributed by atoms with Gasteiger partial charge in [0.15, 0.2) is 0 Å². The molecule has 0 aromatic rings. The van der Waals surface area contributed by atoms with E-state index in [0.29, 0.717) is 5.41 Å². The summed E-state index contributed by atoms with van der Waals surface area (Å²) in [5.41, 5.74) is 0.444. The van der Waals surface area contributed by atoms with E-state index in [2.05, 4.69) is 18.8 Å². The molecule has 2 heteroatoms. The smallest absolute Gasteiger partial charge is 0 e. The third-order valence-electron chi connectivity index (χ3n) is 2.23. The van der Waals surface area contributed by atoms with Crippen molar-refractivity contribution in [1.82, 2.24) is 0 Å². The number of nitrogens with zero attached hydrogens (tertiary/aromatic N) is 1. The van der Waals surface area contributed by atoms with Crippen molar-refractivity contribution in [2.75, 3.05) is 13.1 Å². The van der Waals surface area contributed by atoms with Gasteiger partial charge in [-0.3, -0.25) is 0 Å². The summed E-state index contributed by atoms with van der Waals surface area (Å²) in [5.74, 6) is 0. The fraction of sp³-hybridized carbons (Fsp3) is 0.778. The van der Waals surface area contributed by atoms with Crippen molar-refractivity contribution < 1.29 is 22.4 Å². The average molecular weight is 319 g/mol. The molecule has 1 nitrogen and oxygen atoms in total. The second-order valence-corrected chi connectivity index (χ2v) is 3.51. The van der Waals surface area contributed by atoms with Crippen LogP contribution in [-0.4, -0.2) is 13.1 Å². The Morgan fingerprint density at radius 3 is 2.82 bits per heavy atom. The van der Waals surface area contributed by atoms with Crippen LogP contribution in [0, 0.1) is 5.41 Å². The van der Waals surface area contributed by atoms with Gasteiger partial charge >= 0.3 is 0 Å². The Bertz CT molecular complexity index is 117. The van der Waals surface area contributed by atoms with Gasteiger partial charge in [0.2, 0.25) is 0 Å². The molecule has 63 valence electrons. The van der Waals surface area contributed by atoms with E-state index in [1.165, 1.54) is 12.8 Å². The molecule has 0 amide bonds. The van der Waals surface area contributed by atoms with Crippen LogP contribution in [0.1, 0.15) is 26.2 Å². The Labute approximate surface area is 85.1 Å². The quantitative estimate of drug-likeness (QED) is 0.695. The normalized spacial score (nSPS) is 30.6. The van der Waals surface area contributed by atoms with Crippen LogP contribution in [0.25, 0.3) is 5.32 Å². The minimum Gasteiger partial charge on any atom is -0.662 e. The summed E-state index contributed by atoms with van der Waals surface area (Å²) in [5, 5.41) is 4.40. The van der Waals surface area contributed by atoms with Gasteiger partial charge in [-0.15, -0.1) is 19.7 Å². The van der Waals surface area contributed by atoms with E-state index in [1.807, 2.05) is 6.08 Å². The number of piperidine rings is 1. The molecule has 1 heterocycles. The van der Waals surface area contributed by atoms with Crippen LogP contribution in [0.5, 0.6) is 0 Å². The number of hydrogen-bond acceptors (Lipinski definition) is 0. The Kier molecular flexibility index (Phi) is 5.36. The Hall–Kier alpha value is 0.440. The summed E-state index contributed by atoms with van der Waals surface area (Å²) in [6.45, 7) is 8.18. The summed E-state index contributed by atoms with van der Waals surface area (Å²) in [4.78, 5) is 0. The fourth-order valence-electron chi connectivity index (χ4n) is 1.56. The minimum absolute atomic E-state index is 0. The van der Waals surface area contributed by atoms with Crippen molar-refractivity contribution in [3.63, 3.8) is 0 Å². The zero-order chi connectivity index (χ0) is 7.45. The second-order valence-electron chi connectivity index (χ2n) is 3.51. The van der Waals surface area contributed by atoms with E-state index in [4.69, 9.17) is 0 Å². The Morgan fingerprint density at radius 2 is 2.36 bits per heavy atom. The van der Waals surface area contributed by atoms with Gasteiger partial charge in [-0.1, -0.05) is 25.8 Å². The zero-order valence-electron chi connectivity index (χ0n) is 7.21. The van der Waals surface area contributed by atoms with Gasteiger partial charge in [0.25, 0.3) is 0 Å². The van der Waals surface area contributed by atoms with E-state index in [-0.39, 0.29) is 22.4 Å². The van der Waals surface area contributed by atoms with E-state index in [9.17, 15) is 0 Å². The molecule has 1 aliphatic heterocycles. The van der Waals surface area contributed by atoms with Crippen molar-refractivity contribution in [2.24, 2.45) is 5.41 Å². The number of allylic oxidation sites excluding steroid dienone is 1. The summed E-state index contributed by atoms with van der Waals surface area (Å²) in [7, 11) is 0. The molecule has 0 spiro atoms. The van der Waals surface area contributed by atoms with Gasteiger partial charge in [-0.2, -0.15) is 0 Å². The first-order valence-corrected chi connectivity index (χ1v) is 4.01. The SMILES string of the molecule is C=CC[C@]1(C)CCC[N-]C1.[Ta]. The Balaban J connectivity index is 0.000001000.